The van der Waals surface area contributed by atoms with E-state index < -0.39 is 0 Å². The highest BCUT2D eigenvalue weighted by atomic mass is 32.1. The first-order valence-electron chi connectivity index (χ1n) is 11.0. The van der Waals surface area contributed by atoms with Gasteiger partial charge in [0.1, 0.15) is 24.7 Å². The van der Waals surface area contributed by atoms with E-state index in [9.17, 15) is 14.0 Å². The lowest BCUT2D eigenvalue weighted by molar-refractivity contribution is -0.135. The van der Waals surface area contributed by atoms with Crippen LogP contribution in [0.5, 0.6) is 5.75 Å². The maximum atomic E-state index is 13.6. The number of urea groups is 1. The molecule has 32 heavy (non-hydrogen) atoms. The second-order valence-electron chi connectivity index (χ2n) is 8.80. The molecule has 0 fully saturated rings. The summed E-state index contributed by atoms with van der Waals surface area (Å²) >= 11 is 1.67. The smallest absolute Gasteiger partial charge is 0.318 e. The van der Waals surface area contributed by atoms with Gasteiger partial charge in [-0.1, -0.05) is 19.9 Å². The van der Waals surface area contributed by atoms with Crippen molar-refractivity contribution in [2.75, 3.05) is 26.2 Å². The zero-order valence-corrected chi connectivity index (χ0v) is 20.0. The topological polar surface area (TPSA) is 61.9 Å². The summed E-state index contributed by atoms with van der Waals surface area (Å²) in [7, 11) is 0. The van der Waals surface area contributed by atoms with Gasteiger partial charge in [-0.05, 0) is 55.3 Å². The van der Waals surface area contributed by atoms with Crippen LogP contribution in [0.15, 0.2) is 35.7 Å². The standard InChI is InChI=1S/C24H32FN3O3S/c1-16(2)13-27(24(30)26-17(3)4)14-23(29)28-10-8-22-20(9-11-32-22)21(28)15-31-19-7-5-6-18(25)12-19/h5-7,9,11-12,16-17,21H,8,10,13-15H2,1-4H3,(H,26,30). The van der Waals surface area contributed by atoms with Gasteiger partial charge in [0.05, 0.1) is 6.04 Å². The number of ether oxygens (including phenoxy) is 1. The molecule has 6 nitrogen and oxygen atoms in total. The minimum Gasteiger partial charge on any atom is -0.491 e. The lowest BCUT2D eigenvalue weighted by Gasteiger charge is -2.37. The Balaban J connectivity index is 1.76. The van der Waals surface area contributed by atoms with E-state index in [2.05, 4.69) is 5.32 Å². The van der Waals surface area contributed by atoms with E-state index >= 15 is 0 Å². The van der Waals surface area contributed by atoms with Crippen LogP contribution in [-0.2, 0) is 11.2 Å². The zero-order chi connectivity index (χ0) is 23.3. The molecule has 1 N–H and O–H groups in total. The highest BCUT2D eigenvalue weighted by Crippen LogP contribution is 2.34. The van der Waals surface area contributed by atoms with Gasteiger partial charge in [-0.15, -0.1) is 11.3 Å². The van der Waals surface area contributed by atoms with Crippen molar-refractivity contribution in [3.63, 3.8) is 0 Å². The average Bonchev–Trinajstić information content (AvgIpc) is 3.19. The minimum atomic E-state index is -0.365. The Bertz CT molecular complexity index is 931. The molecule has 8 heteroatoms. The third-order valence-electron chi connectivity index (χ3n) is 5.23. The van der Waals surface area contributed by atoms with Crippen molar-refractivity contribution in [3.05, 3.63) is 52.0 Å². The number of benzene rings is 1. The van der Waals surface area contributed by atoms with E-state index in [-0.39, 0.29) is 48.9 Å². The summed E-state index contributed by atoms with van der Waals surface area (Å²) in [6.07, 6.45) is 0.775. The number of hydrogen-bond donors (Lipinski definition) is 1. The van der Waals surface area contributed by atoms with Crippen molar-refractivity contribution in [1.29, 1.82) is 0 Å². The van der Waals surface area contributed by atoms with Crippen molar-refractivity contribution in [1.82, 2.24) is 15.1 Å². The second kappa shape index (κ2) is 10.8. The maximum Gasteiger partial charge on any atom is 0.318 e. The van der Waals surface area contributed by atoms with Crippen LogP contribution in [0.3, 0.4) is 0 Å². The number of amides is 3. The van der Waals surface area contributed by atoms with E-state index in [0.717, 1.165) is 12.0 Å². The summed E-state index contributed by atoms with van der Waals surface area (Å²) < 4.78 is 19.4. The van der Waals surface area contributed by atoms with Crippen molar-refractivity contribution in [2.24, 2.45) is 5.92 Å². The fraction of sp³-hybridized carbons (Fsp3) is 0.500. The van der Waals surface area contributed by atoms with Crippen molar-refractivity contribution in [3.8, 4) is 5.75 Å². The number of nitrogens with zero attached hydrogens (tertiary/aromatic N) is 2. The Hall–Kier alpha value is -2.61. The van der Waals surface area contributed by atoms with Gasteiger partial charge in [0.25, 0.3) is 0 Å². The fourth-order valence-electron chi connectivity index (χ4n) is 3.86. The monoisotopic (exact) mass is 461 g/mol. The molecular formula is C24H32FN3O3S. The molecule has 3 amide bonds. The maximum absolute atomic E-state index is 13.6. The number of carbonyl (C=O) groups is 2. The van der Waals surface area contributed by atoms with Gasteiger partial charge in [0, 0.05) is 30.1 Å². The summed E-state index contributed by atoms with van der Waals surface area (Å²) in [4.78, 5) is 30.7. The molecular weight excluding hydrogens is 429 g/mol. The summed E-state index contributed by atoms with van der Waals surface area (Å²) in [5.41, 5.74) is 1.06. The molecule has 2 aromatic rings. The predicted octanol–water partition coefficient (Wildman–Crippen LogP) is 4.47. The molecule has 174 valence electrons. The van der Waals surface area contributed by atoms with Crippen molar-refractivity contribution >= 4 is 23.3 Å². The molecule has 1 aromatic carbocycles. The molecule has 2 heterocycles. The summed E-state index contributed by atoms with van der Waals surface area (Å²) in [5.74, 6) is 0.181. The van der Waals surface area contributed by atoms with E-state index in [1.165, 1.54) is 17.0 Å². The van der Waals surface area contributed by atoms with E-state index in [0.29, 0.717) is 18.8 Å². The Morgan fingerprint density at radius 2 is 2.06 bits per heavy atom. The highest BCUT2D eigenvalue weighted by molar-refractivity contribution is 7.10. The number of fused-ring (bicyclic) bond motifs is 1. The van der Waals surface area contributed by atoms with Gasteiger partial charge in [-0.3, -0.25) is 4.79 Å². The molecule has 0 spiro atoms. The molecule has 1 atom stereocenters. The van der Waals surface area contributed by atoms with Crippen LogP contribution in [0.25, 0.3) is 0 Å². The van der Waals surface area contributed by atoms with Gasteiger partial charge in [0.2, 0.25) is 5.91 Å². The highest BCUT2D eigenvalue weighted by Gasteiger charge is 2.33. The number of thiophene rings is 1. The fourth-order valence-corrected chi connectivity index (χ4v) is 4.79. The second-order valence-corrected chi connectivity index (χ2v) is 9.80. The predicted molar refractivity (Wildman–Crippen MR) is 124 cm³/mol. The Morgan fingerprint density at radius 1 is 1.28 bits per heavy atom. The SMILES string of the molecule is CC(C)CN(CC(=O)N1CCc2sccc2C1COc1cccc(F)c1)C(=O)NC(C)C. The molecule has 3 rings (SSSR count). The molecule has 0 radical (unpaired) electrons. The molecule has 1 aliphatic rings. The number of nitrogens with one attached hydrogen (secondary N) is 1. The molecule has 1 aromatic heterocycles. The first kappa shape index (κ1) is 24.0. The van der Waals surface area contributed by atoms with Crippen LogP contribution >= 0.6 is 11.3 Å². The quantitative estimate of drug-likeness (QED) is 0.631. The van der Waals surface area contributed by atoms with Crippen molar-refractivity contribution < 1.29 is 18.7 Å². The van der Waals surface area contributed by atoms with E-state index in [1.807, 2.05) is 39.1 Å². The molecule has 0 saturated carbocycles. The van der Waals surface area contributed by atoms with E-state index in [1.54, 1.807) is 33.3 Å². The number of hydrogen-bond acceptors (Lipinski definition) is 4. The van der Waals surface area contributed by atoms with Crippen LogP contribution in [0.4, 0.5) is 9.18 Å². The van der Waals surface area contributed by atoms with Crippen LogP contribution in [0.1, 0.15) is 44.2 Å². The average molecular weight is 462 g/mol. The molecule has 0 aliphatic carbocycles. The molecule has 1 unspecified atom stereocenters. The van der Waals surface area contributed by atoms with Gasteiger partial charge in [0.15, 0.2) is 0 Å². The third kappa shape index (κ3) is 6.22. The van der Waals surface area contributed by atoms with Gasteiger partial charge in [-0.25, -0.2) is 9.18 Å². The molecule has 1 aliphatic heterocycles. The Labute approximate surface area is 193 Å². The Kier molecular flexibility index (Phi) is 8.12. The van der Waals surface area contributed by atoms with Crippen molar-refractivity contribution in [2.45, 2.75) is 46.2 Å². The lowest BCUT2D eigenvalue weighted by Crippen LogP contribution is -2.51. The van der Waals surface area contributed by atoms with Gasteiger partial charge in [-0.2, -0.15) is 0 Å². The minimum absolute atomic E-state index is 0.00662. The Morgan fingerprint density at radius 3 is 2.75 bits per heavy atom. The number of halogens is 1. The number of carbonyl (C=O) groups excluding carboxylic acids is 2. The van der Waals surface area contributed by atoms with Gasteiger partial charge < -0.3 is 19.9 Å². The van der Waals surface area contributed by atoms with Crippen LogP contribution < -0.4 is 10.1 Å². The summed E-state index contributed by atoms with van der Waals surface area (Å²) in [5, 5.41) is 4.91. The van der Waals surface area contributed by atoms with Crippen LogP contribution in [0.2, 0.25) is 0 Å². The van der Waals surface area contributed by atoms with E-state index in [4.69, 9.17) is 4.74 Å². The number of rotatable bonds is 8. The zero-order valence-electron chi connectivity index (χ0n) is 19.1. The van der Waals surface area contributed by atoms with Crippen LogP contribution in [0, 0.1) is 11.7 Å². The first-order valence-corrected chi connectivity index (χ1v) is 11.9. The largest absolute Gasteiger partial charge is 0.491 e. The summed E-state index contributed by atoms with van der Waals surface area (Å²) in [6, 6.07) is 7.50. The normalized spacial score (nSPS) is 15.6. The van der Waals surface area contributed by atoms with Crippen LogP contribution in [-0.4, -0.2) is 54.0 Å². The third-order valence-corrected chi connectivity index (χ3v) is 6.23. The van der Waals surface area contributed by atoms with Gasteiger partial charge >= 0.3 is 6.03 Å². The lowest BCUT2D eigenvalue weighted by atomic mass is 10.0. The summed E-state index contributed by atoms with van der Waals surface area (Å²) in [6.45, 7) is 9.12. The first-order chi connectivity index (χ1) is 15.2. The molecule has 0 saturated heterocycles. The molecule has 0 bridgehead atoms.